The van der Waals surface area contributed by atoms with Crippen molar-refractivity contribution in [2.24, 2.45) is 5.41 Å². The molecule has 0 saturated heterocycles. The topological polar surface area (TPSA) is 37.3 Å². The summed E-state index contributed by atoms with van der Waals surface area (Å²) in [5.41, 5.74) is -1.22. The van der Waals surface area contributed by atoms with Crippen LogP contribution in [0.2, 0.25) is 0 Å². The molecule has 0 amide bonds. The van der Waals surface area contributed by atoms with Crippen LogP contribution in [0, 0.1) is 5.41 Å². The van der Waals surface area contributed by atoms with Crippen LogP contribution in [-0.2, 0) is 4.79 Å². The molecule has 1 saturated carbocycles. The number of hydrogen-bond acceptors (Lipinski definition) is 2. The van der Waals surface area contributed by atoms with Crippen LogP contribution in [0.3, 0.4) is 0 Å². The van der Waals surface area contributed by atoms with E-state index in [1.54, 1.807) is 0 Å². The molecule has 2 aliphatic rings. The van der Waals surface area contributed by atoms with Gasteiger partial charge in [-0.2, -0.15) is 0 Å². The fourth-order valence-electron chi connectivity index (χ4n) is 2.36. The van der Waals surface area contributed by atoms with Gasteiger partial charge in [0.25, 0.3) is 0 Å². The molecule has 0 unspecified atom stereocenters. The predicted molar refractivity (Wildman–Crippen MR) is 45.7 cm³/mol. The monoisotopic (exact) mass is 166 g/mol. The van der Waals surface area contributed by atoms with Crippen molar-refractivity contribution < 1.29 is 9.90 Å². The third-order valence-corrected chi connectivity index (χ3v) is 3.56. The molecule has 2 aliphatic carbocycles. The number of allylic oxidation sites excluding steroid dienone is 1. The second-order valence-corrected chi connectivity index (χ2v) is 4.17. The minimum atomic E-state index is -0.737. The van der Waals surface area contributed by atoms with E-state index in [9.17, 15) is 9.90 Å². The molecule has 0 aliphatic heterocycles. The zero-order valence-electron chi connectivity index (χ0n) is 7.34. The zero-order valence-corrected chi connectivity index (χ0v) is 7.34. The normalized spacial score (nSPS) is 46.3. The Morgan fingerprint density at radius 1 is 1.42 bits per heavy atom. The van der Waals surface area contributed by atoms with Crippen LogP contribution >= 0.6 is 0 Å². The van der Waals surface area contributed by atoms with Crippen molar-refractivity contribution in [3.8, 4) is 0 Å². The lowest BCUT2D eigenvalue weighted by Crippen LogP contribution is -2.46. The van der Waals surface area contributed by atoms with Gasteiger partial charge in [0.1, 0.15) is 5.78 Å². The molecule has 0 bridgehead atoms. The lowest BCUT2D eigenvalue weighted by Gasteiger charge is -2.39. The average molecular weight is 166 g/mol. The highest BCUT2D eigenvalue weighted by Gasteiger charge is 2.55. The Balaban J connectivity index is 2.43. The Hall–Kier alpha value is -0.630. The molecular weight excluding hydrogens is 152 g/mol. The number of hydrogen-bond donors (Lipinski definition) is 1. The minimum Gasteiger partial charge on any atom is -0.389 e. The number of Topliss-reactive ketones (excluding diaryl/α,β-unsaturated/α-hetero) is 1. The summed E-state index contributed by atoms with van der Waals surface area (Å²) in [6.45, 7) is 1.89. The Morgan fingerprint density at radius 2 is 2.08 bits per heavy atom. The molecule has 2 nitrogen and oxygen atoms in total. The summed E-state index contributed by atoms with van der Waals surface area (Å²) >= 11 is 0. The van der Waals surface area contributed by atoms with Gasteiger partial charge in [0.2, 0.25) is 0 Å². The molecule has 0 aromatic rings. The highest BCUT2D eigenvalue weighted by atomic mass is 16.3. The number of aliphatic hydroxyl groups is 1. The third kappa shape index (κ3) is 0.761. The quantitative estimate of drug-likeness (QED) is 0.553. The highest BCUT2D eigenvalue weighted by molar-refractivity contribution is 5.88. The van der Waals surface area contributed by atoms with Crippen molar-refractivity contribution in [1.29, 1.82) is 0 Å². The van der Waals surface area contributed by atoms with Gasteiger partial charge < -0.3 is 5.11 Å². The smallest absolute Gasteiger partial charge is 0.142 e. The molecule has 1 fully saturated rings. The maximum Gasteiger partial charge on any atom is 0.142 e. The van der Waals surface area contributed by atoms with Gasteiger partial charge in [-0.25, -0.2) is 0 Å². The molecule has 12 heavy (non-hydrogen) atoms. The summed E-state index contributed by atoms with van der Waals surface area (Å²) in [6.07, 6.45) is 6.55. The van der Waals surface area contributed by atoms with E-state index in [4.69, 9.17) is 0 Å². The zero-order chi connectivity index (χ0) is 8.82. The van der Waals surface area contributed by atoms with Crippen LogP contribution in [0.4, 0.5) is 0 Å². The van der Waals surface area contributed by atoms with E-state index in [1.165, 1.54) is 0 Å². The first-order valence-electron chi connectivity index (χ1n) is 4.49. The maximum absolute atomic E-state index is 11.5. The molecule has 0 radical (unpaired) electrons. The van der Waals surface area contributed by atoms with Gasteiger partial charge >= 0.3 is 0 Å². The van der Waals surface area contributed by atoms with Gasteiger partial charge in [0, 0.05) is 6.42 Å². The summed E-state index contributed by atoms with van der Waals surface area (Å²) < 4.78 is 0. The van der Waals surface area contributed by atoms with Gasteiger partial charge in [-0.3, -0.25) is 4.79 Å². The summed E-state index contributed by atoms with van der Waals surface area (Å²) in [5, 5.41) is 10.2. The number of rotatable bonds is 0. The van der Waals surface area contributed by atoms with Crippen molar-refractivity contribution in [2.45, 2.75) is 38.2 Å². The standard InChI is InChI=1S/C10H14O2/c1-9-5-2-3-6-10(9,12)7-4-8(9)11/h2-3,12H,4-7H2,1H3/t9-,10+/m0/s1. The van der Waals surface area contributed by atoms with E-state index in [0.717, 1.165) is 0 Å². The van der Waals surface area contributed by atoms with Gasteiger partial charge in [0.05, 0.1) is 11.0 Å². The van der Waals surface area contributed by atoms with Crippen molar-refractivity contribution in [3.05, 3.63) is 12.2 Å². The lowest BCUT2D eigenvalue weighted by atomic mass is 9.68. The molecule has 2 heteroatoms. The molecule has 1 N–H and O–H groups in total. The van der Waals surface area contributed by atoms with Crippen molar-refractivity contribution in [1.82, 2.24) is 0 Å². The second kappa shape index (κ2) is 2.19. The summed E-state index contributed by atoms with van der Waals surface area (Å²) in [4.78, 5) is 11.5. The van der Waals surface area contributed by atoms with Crippen LogP contribution < -0.4 is 0 Å². The SMILES string of the molecule is C[C@@]12CC=CC[C@@]1(O)CCC2=O. The Morgan fingerprint density at radius 3 is 2.75 bits per heavy atom. The van der Waals surface area contributed by atoms with Gasteiger partial charge in [-0.05, 0) is 26.2 Å². The molecule has 0 heterocycles. The minimum absolute atomic E-state index is 0.231. The first-order chi connectivity index (χ1) is 5.58. The Kier molecular flexibility index (Phi) is 1.46. The molecule has 0 aromatic heterocycles. The molecule has 2 rings (SSSR count). The Bertz CT molecular complexity index is 257. The number of carbonyl (C=O) groups excluding carboxylic acids is 1. The summed E-state index contributed by atoms with van der Waals surface area (Å²) in [6, 6.07) is 0. The van der Waals surface area contributed by atoms with Crippen molar-refractivity contribution in [3.63, 3.8) is 0 Å². The number of fused-ring (bicyclic) bond motifs is 1. The third-order valence-electron chi connectivity index (χ3n) is 3.56. The van der Waals surface area contributed by atoms with Crippen LogP contribution in [0.5, 0.6) is 0 Å². The average Bonchev–Trinajstić information content (AvgIpc) is 2.28. The first-order valence-corrected chi connectivity index (χ1v) is 4.49. The first kappa shape index (κ1) is 7.99. The molecule has 0 aromatic carbocycles. The summed E-state index contributed by atoms with van der Waals surface area (Å²) in [7, 11) is 0. The molecule has 2 atom stereocenters. The second-order valence-electron chi connectivity index (χ2n) is 4.17. The Labute approximate surface area is 72.3 Å². The van der Waals surface area contributed by atoms with E-state index in [1.807, 2.05) is 19.1 Å². The molecule has 66 valence electrons. The van der Waals surface area contributed by atoms with Crippen LogP contribution in [0.25, 0.3) is 0 Å². The largest absolute Gasteiger partial charge is 0.389 e. The van der Waals surface area contributed by atoms with E-state index in [0.29, 0.717) is 25.7 Å². The summed E-state index contributed by atoms with van der Waals surface area (Å²) in [5.74, 6) is 0.231. The van der Waals surface area contributed by atoms with Gasteiger partial charge in [-0.15, -0.1) is 0 Å². The van der Waals surface area contributed by atoms with Crippen molar-refractivity contribution in [2.75, 3.05) is 0 Å². The molecular formula is C10H14O2. The highest BCUT2D eigenvalue weighted by Crippen LogP contribution is 2.50. The van der Waals surface area contributed by atoms with Crippen LogP contribution in [-0.4, -0.2) is 16.5 Å². The fraction of sp³-hybridized carbons (Fsp3) is 0.700. The van der Waals surface area contributed by atoms with E-state index in [2.05, 4.69) is 0 Å². The van der Waals surface area contributed by atoms with Crippen LogP contribution in [0.1, 0.15) is 32.6 Å². The molecule has 0 spiro atoms. The van der Waals surface area contributed by atoms with Gasteiger partial charge in [0.15, 0.2) is 0 Å². The lowest BCUT2D eigenvalue weighted by molar-refractivity contribution is -0.135. The predicted octanol–water partition coefficient (Wildman–Crippen LogP) is 1.44. The van der Waals surface area contributed by atoms with E-state index in [-0.39, 0.29) is 5.78 Å². The van der Waals surface area contributed by atoms with Crippen LogP contribution in [0.15, 0.2) is 12.2 Å². The number of carbonyl (C=O) groups is 1. The van der Waals surface area contributed by atoms with E-state index >= 15 is 0 Å². The van der Waals surface area contributed by atoms with E-state index < -0.39 is 11.0 Å². The maximum atomic E-state index is 11.5. The van der Waals surface area contributed by atoms with Crippen molar-refractivity contribution >= 4 is 5.78 Å². The fourth-order valence-corrected chi connectivity index (χ4v) is 2.36. The number of ketones is 1. The van der Waals surface area contributed by atoms with Gasteiger partial charge in [-0.1, -0.05) is 12.2 Å².